The second-order valence-corrected chi connectivity index (χ2v) is 5.98. The maximum atomic E-state index is 9.36. The van der Waals surface area contributed by atoms with Crippen molar-refractivity contribution in [3.05, 3.63) is 0 Å². The summed E-state index contributed by atoms with van der Waals surface area (Å²) in [6.45, 7) is 3.90. The minimum Gasteiger partial charge on any atom is -0.396 e. The van der Waals surface area contributed by atoms with Crippen LogP contribution in [0.25, 0.3) is 0 Å². The van der Waals surface area contributed by atoms with Crippen LogP contribution in [0.1, 0.15) is 32.1 Å². The summed E-state index contributed by atoms with van der Waals surface area (Å²) in [5.74, 6) is 1.94. The minimum absolute atomic E-state index is 0.218. The smallest absolute Gasteiger partial charge is 0.231 e. The maximum absolute atomic E-state index is 9.36. The van der Waals surface area contributed by atoms with Gasteiger partial charge in [-0.1, -0.05) is 0 Å². The van der Waals surface area contributed by atoms with Gasteiger partial charge in [-0.25, -0.2) is 0 Å². The van der Waals surface area contributed by atoms with Gasteiger partial charge < -0.3 is 20.6 Å². The number of rotatable bonds is 3. The van der Waals surface area contributed by atoms with Crippen LogP contribution < -0.4 is 15.5 Å². The highest BCUT2D eigenvalue weighted by molar-refractivity contribution is 5.44. The minimum atomic E-state index is 0.218. The Labute approximate surface area is 125 Å². The number of anilines is 3. The first-order chi connectivity index (χ1) is 10.3. The maximum Gasteiger partial charge on any atom is 0.231 e. The molecule has 0 aromatic carbocycles. The number of aliphatic hydroxyl groups is 1. The zero-order valence-electron chi connectivity index (χ0n) is 12.4. The fraction of sp³-hybridized carbons (Fsp3) is 0.786. The molecule has 1 aromatic heterocycles. The van der Waals surface area contributed by atoms with Crippen molar-refractivity contribution in [3.63, 3.8) is 0 Å². The van der Waals surface area contributed by atoms with Gasteiger partial charge >= 0.3 is 0 Å². The molecule has 21 heavy (non-hydrogen) atoms. The molecule has 0 radical (unpaired) electrons. The van der Waals surface area contributed by atoms with Crippen LogP contribution in [0.3, 0.4) is 0 Å². The van der Waals surface area contributed by atoms with Crippen LogP contribution in [0.4, 0.5) is 17.8 Å². The highest BCUT2D eigenvalue weighted by atomic mass is 16.3. The van der Waals surface area contributed by atoms with Gasteiger partial charge in [0.05, 0.1) is 0 Å². The Morgan fingerprint density at radius 3 is 2.33 bits per heavy atom. The van der Waals surface area contributed by atoms with E-state index in [-0.39, 0.29) is 12.6 Å². The lowest BCUT2D eigenvalue weighted by Crippen LogP contribution is -2.39. The Kier molecular flexibility index (Phi) is 4.38. The molecular formula is C14H24N6O. The number of hydrogen-bond donors (Lipinski definition) is 2. The Hall–Kier alpha value is -1.63. The molecule has 3 heterocycles. The van der Waals surface area contributed by atoms with Crippen LogP contribution in [-0.2, 0) is 0 Å². The third-order valence-electron chi connectivity index (χ3n) is 4.33. The molecule has 2 fully saturated rings. The van der Waals surface area contributed by atoms with Crippen molar-refractivity contribution in [3.8, 4) is 0 Å². The zero-order chi connectivity index (χ0) is 14.7. The summed E-state index contributed by atoms with van der Waals surface area (Å²) < 4.78 is 0. The molecule has 1 atom stereocenters. The first kappa shape index (κ1) is 14.3. The van der Waals surface area contributed by atoms with Gasteiger partial charge in [0.1, 0.15) is 0 Å². The van der Waals surface area contributed by atoms with E-state index in [0.717, 1.165) is 39.0 Å². The number of aromatic nitrogens is 3. The Bertz CT molecular complexity index is 477. The third kappa shape index (κ3) is 3.34. The zero-order valence-corrected chi connectivity index (χ0v) is 12.4. The van der Waals surface area contributed by atoms with Crippen molar-refractivity contribution in [2.45, 2.75) is 32.1 Å². The fourth-order valence-corrected chi connectivity index (χ4v) is 3.14. The second-order valence-electron chi connectivity index (χ2n) is 5.98. The summed E-state index contributed by atoms with van der Waals surface area (Å²) in [6, 6.07) is 0. The summed E-state index contributed by atoms with van der Waals surface area (Å²) in [7, 11) is 0. The van der Waals surface area contributed by atoms with Crippen LogP contribution >= 0.6 is 0 Å². The third-order valence-corrected chi connectivity index (χ3v) is 4.33. The Morgan fingerprint density at radius 1 is 0.952 bits per heavy atom. The SMILES string of the molecule is Nc1nc(N2CCCCC2)nc(N2CCCC(CO)C2)n1. The number of nitrogens with two attached hydrogens (primary N) is 1. The van der Waals surface area contributed by atoms with Crippen molar-refractivity contribution < 1.29 is 5.11 Å². The van der Waals surface area contributed by atoms with Crippen molar-refractivity contribution in [1.82, 2.24) is 15.0 Å². The fourth-order valence-electron chi connectivity index (χ4n) is 3.14. The molecule has 116 valence electrons. The lowest BCUT2D eigenvalue weighted by molar-refractivity contribution is 0.208. The van der Waals surface area contributed by atoms with Gasteiger partial charge in [0.15, 0.2) is 0 Å². The predicted molar refractivity (Wildman–Crippen MR) is 82.3 cm³/mol. The van der Waals surface area contributed by atoms with E-state index in [4.69, 9.17) is 5.73 Å². The molecule has 1 unspecified atom stereocenters. The Balaban J connectivity index is 1.80. The number of hydrogen-bond acceptors (Lipinski definition) is 7. The number of aliphatic hydroxyl groups excluding tert-OH is 1. The van der Waals surface area contributed by atoms with Gasteiger partial charge in [-0.05, 0) is 38.0 Å². The molecule has 0 spiro atoms. The van der Waals surface area contributed by atoms with E-state index in [9.17, 15) is 5.11 Å². The summed E-state index contributed by atoms with van der Waals surface area (Å²) in [6.07, 6.45) is 5.74. The highest BCUT2D eigenvalue weighted by Gasteiger charge is 2.23. The molecule has 3 rings (SSSR count). The van der Waals surface area contributed by atoms with Gasteiger partial charge in [0, 0.05) is 32.8 Å². The number of nitrogen functional groups attached to an aromatic ring is 1. The summed E-state index contributed by atoms with van der Waals surface area (Å²) in [5, 5.41) is 9.36. The van der Waals surface area contributed by atoms with E-state index in [1.807, 2.05) is 0 Å². The van der Waals surface area contributed by atoms with E-state index in [0.29, 0.717) is 17.8 Å². The van der Waals surface area contributed by atoms with E-state index in [2.05, 4.69) is 24.8 Å². The molecule has 2 saturated heterocycles. The molecule has 0 saturated carbocycles. The summed E-state index contributed by atoms with van der Waals surface area (Å²) in [5.41, 5.74) is 5.87. The van der Waals surface area contributed by atoms with Crippen molar-refractivity contribution in [1.29, 1.82) is 0 Å². The Morgan fingerprint density at radius 2 is 1.62 bits per heavy atom. The largest absolute Gasteiger partial charge is 0.396 e. The van der Waals surface area contributed by atoms with Crippen LogP contribution in [0.5, 0.6) is 0 Å². The van der Waals surface area contributed by atoms with Gasteiger partial charge in [-0.2, -0.15) is 15.0 Å². The molecule has 7 heteroatoms. The van der Waals surface area contributed by atoms with Crippen LogP contribution in [0.2, 0.25) is 0 Å². The quantitative estimate of drug-likeness (QED) is 0.845. The topological polar surface area (TPSA) is 91.4 Å². The standard InChI is InChI=1S/C14H24N6O/c15-12-16-13(19-6-2-1-3-7-19)18-14(17-12)20-8-4-5-11(9-20)10-21/h11,21H,1-10H2,(H2,15,16,17,18). The summed E-state index contributed by atoms with van der Waals surface area (Å²) in [4.78, 5) is 17.5. The van der Waals surface area contributed by atoms with Crippen molar-refractivity contribution in [2.75, 3.05) is 48.3 Å². The van der Waals surface area contributed by atoms with Gasteiger partial charge in [-0.15, -0.1) is 0 Å². The number of nitrogens with zero attached hydrogens (tertiary/aromatic N) is 5. The molecule has 7 nitrogen and oxygen atoms in total. The lowest BCUT2D eigenvalue weighted by atomic mass is 9.99. The molecule has 0 aliphatic carbocycles. The average Bonchev–Trinajstić information content (AvgIpc) is 2.55. The van der Waals surface area contributed by atoms with Crippen LogP contribution in [0, 0.1) is 5.92 Å². The van der Waals surface area contributed by atoms with E-state index < -0.39 is 0 Å². The highest BCUT2D eigenvalue weighted by Crippen LogP contribution is 2.23. The number of piperidine rings is 2. The second kappa shape index (κ2) is 6.43. The predicted octanol–water partition coefficient (Wildman–Crippen LogP) is 0.653. The molecule has 2 aliphatic rings. The molecule has 0 bridgehead atoms. The molecule has 1 aromatic rings. The van der Waals surface area contributed by atoms with E-state index in [1.54, 1.807) is 0 Å². The monoisotopic (exact) mass is 292 g/mol. The molecule has 0 amide bonds. The van der Waals surface area contributed by atoms with Crippen LogP contribution in [0.15, 0.2) is 0 Å². The van der Waals surface area contributed by atoms with Gasteiger partial charge in [0.2, 0.25) is 17.8 Å². The first-order valence-corrected chi connectivity index (χ1v) is 7.88. The molecule has 2 aliphatic heterocycles. The lowest BCUT2D eigenvalue weighted by Gasteiger charge is -2.33. The van der Waals surface area contributed by atoms with E-state index >= 15 is 0 Å². The van der Waals surface area contributed by atoms with Gasteiger partial charge in [-0.3, -0.25) is 0 Å². The molecular weight excluding hydrogens is 268 g/mol. The van der Waals surface area contributed by atoms with Gasteiger partial charge in [0.25, 0.3) is 0 Å². The normalized spacial score (nSPS) is 23.4. The summed E-state index contributed by atoms with van der Waals surface area (Å²) >= 11 is 0. The van der Waals surface area contributed by atoms with Crippen LogP contribution in [-0.4, -0.2) is 52.8 Å². The van der Waals surface area contributed by atoms with E-state index in [1.165, 1.54) is 19.3 Å². The van der Waals surface area contributed by atoms with Crippen molar-refractivity contribution >= 4 is 17.8 Å². The van der Waals surface area contributed by atoms with Crippen molar-refractivity contribution in [2.24, 2.45) is 5.92 Å². The first-order valence-electron chi connectivity index (χ1n) is 7.88. The molecule has 3 N–H and O–H groups in total. The average molecular weight is 292 g/mol.